The number of benzene rings is 1. The van der Waals surface area contributed by atoms with Crippen LogP contribution in [-0.4, -0.2) is 23.8 Å². The smallest absolute Gasteiger partial charge is 0.130 e. The van der Waals surface area contributed by atoms with Gasteiger partial charge in [0.05, 0.1) is 12.8 Å². The Kier molecular flexibility index (Phi) is 5.19. The van der Waals surface area contributed by atoms with Crippen molar-refractivity contribution in [3.8, 4) is 23.3 Å². The van der Waals surface area contributed by atoms with Crippen molar-refractivity contribution in [3.05, 3.63) is 53.3 Å². The van der Waals surface area contributed by atoms with Crippen LogP contribution in [0.15, 0.2) is 36.4 Å². The van der Waals surface area contributed by atoms with E-state index in [4.69, 9.17) is 14.6 Å². The highest BCUT2D eigenvalue weighted by Crippen LogP contribution is 2.17. The second-order valence-electron chi connectivity index (χ2n) is 4.42. The molecule has 0 aliphatic heterocycles. The third-order valence-electron chi connectivity index (χ3n) is 2.75. The highest BCUT2D eigenvalue weighted by atomic mass is 16.5. The van der Waals surface area contributed by atoms with Gasteiger partial charge in [-0.05, 0) is 25.1 Å². The van der Waals surface area contributed by atoms with Gasteiger partial charge < -0.3 is 14.6 Å². The molecular formula is C17H17NO3. The molecule has 2 aromatic rings. The van der Waals surface area contributed by atoms with E-state index >= 15 is 0 Å². The van der Waals surface area contributed by atoms with Gasteiger partial charge in [-0.2, -0.15) is 0 Å². The van der Waals surface area contributed by atoms with Crippen LogP contribution in [0, 0.1) is 18.8 Å². The Bertz CT molecular complexity index is 671. The zero-order valence-electron chi connectivity index (χ0n) is 12.1. The molecule has 0 amide bonds. The molecule has 21 heavy (non-hydrogen) atoms. The Morgan fingerprint density at radius 3 is 2.81 bits per heavy atom. The fourth-order valence-electron chi connectivity index (χ4n) is 1.86. The number of pyridine rings is 1. The fraction of sp³-hybridized carbons (Fsp3) is 0.235. The van der Waals surface area contributed by atoms with E-state index in [1.54, 1.807) is 7.11 Å². The summed E-state index contributed by atoms with van der Waals surface area (Å²) in [7, 11) is 1.63. The summed E-state index contributed by atoms with van der Waals surface area (Å²) in [5, 5.41) is 8.70. The Morgan fingerprint density at radius 2 is 2.05 bits per heavy atom. The van der Waals surface area contributed by atoms with Crippen molar-refractivity contribution in [2.45, 2.75) is 13.5 Å². The van der Waals surface area contributed by atoms with Crippen molar-refractivity contribution in [1.82, 2.24) is 4.98 Å². The van der Waals surface area contributed by atoms with Crippen molar-refractivity contribution in [3.63, 3.8) is 0 Å². The lowest BCUT2D eigenvalue weighted by molar-refractivity contribution is 0.299. The second-order valence-corrected chi connectivity index (χ2v) is 4.42. The summed E-state index contributed by atoms with van der Waals surface area (Å²) >= 11 is 0. The molecule has 0 bridgehead atoms. The standard InChI is InChI=1S/C17H17NO3/c1-13-9-17(20-2)11-15(18-13)12-21-16-7-3-5-14(10-16)6-4-8-19/h3,5,7,9-11,19H,8,12H2,1-2H3. The lowest BCUT2D eigenvalue weighted by atomic mass is 10.2. The summed E-state index contributed by atoms with van der Waals surface area (Å²) < 4.78 is 10.9. The molecule has 1 aromatic heterocycles. The van der Waals surface area contributed by atoms with E-state index in [-0.39, 0.29) is 6.61 Å². The van der Waals surface area contributed by atoms with Gasteiger partial charge in [-0.3, -0.25) is 4.98 Å². The van der Waals surface area contributed by atoms with Gasteiger partial charge in [0.15, 0.2) is 0 Å². The van der Waals surface area contributed by atoms with Crippen LogP contribution in [0.5, 0.6) is 11.5 Å². The molecule has 0 saturated carbocycles. The average molecular weight is 283 g/mol. The number of aliphatic hydroxyl groups is 1. The normalized spacial score (nSPS) is 9.67. The van der Waals surface area contributed by atoms with Crippen LogP contribution in [-0.2, 0) is 6.61 Å². The van der Waals surface area contributed by atoms with E-state index < -0.39 is 0 Å². The van der Waals surface area contributed by atoms with Crippen LogP contribution in [0.1, 0.15) is 17.0 Å². The first-order chi connectivity index (χ1) is 10.2. The maximum atomic E-state index is 8.70. The summed E-state index contributed by atoms with van der Waals surface area (Å²) in [4.78, 5) is 4.40. The SMILES string of the molecule is COc1cc(C)nc(COc2cccc(C#CCO)c2)c1. The van der Waals surface area contributed by atoms with Gasteiger partial charge in [0.1, 0.15) is 24.7 Å². The molecule has 4 nitrogen and oxygen atoms in total. The molecule has 1 aromatic carbocycles. The van der Waals surface area contributed by atoms with Crippen LogP contribution in [0.4, 0.5) is 0 Å². The first kappa shape index (κ1) is 14.9. The second kappa shape index (κ2) is 7.32. The van der Waals surface area contributed by atoms with Gasteiger partial charge in [0.2, 0.25) is 0 Å². The summed E-state index contributed by atoms with van der Waals surface area (Å²) in [5.41, 5.74) is 2.49. The zero-order chi connectivity index (χ0) is 15.1. The average Bonchev–Trinajstić information content (AvgIpc) is 2.51. The third-order valence-corrected chi connectivity index (χ3v) is 2.75. The molecule has 0 spiro atoms. The van der Waals surface area contributed by atoms with Crippen LogP contribution in [0.2, 0.25) is 0 Å². The number of aryl methyl sites for hydroxylation is 1. The van der Waals surface area contributed by atoms with Crippen molar-refractivity contribution in [2.75, 3.05) is 13.7 Å². The largest absolute Gasteiger partial charge is 0.497 e. The first-order valence-corrected chi connectivity index (χ1v) is 6.55. The van der Waals surface area contributed by atoms with E-state index in [9.17, 15) is 0 Å². The lowest BCUT2D eigenvalue weighted by Crippen LogP contribution is -2.00. The Morgan fingerprint density at radius 1 is 1.19 bits per heavy atom. The summed E-state index contributed by atoms with van der Waals surface area (Å²) in [5.74, 6) is 6.93. The van der Waals surface area contributed by atoms with Crippen LogP contribution >= 0.6 is 0 Å². The molecule has 0 atom stereocenters. The maximum Gasteiger partial charge on any atom is 0.130 e. The first-order valence-electron chi connectivity index (χ1n) is 6.55. The number of ether oxygens (including phenoxy) is 2. The van der Waals surface area contributed by atoms with Gasteiger partial charge in [0.25, 0.3) is 0 Å². The van der Waals surface area contributed by atoms with E-state index in [0.29, 0.717) is 12.4 Å². The minimum absolute atomic E-state index is 0.155. The molecule has 0 aliphatic rings. The summed E-state index contributed by atoms with van der Waals surface area (Å²) in [6, 6.07) is 11.1. The topological polar surface area (TPSA) is 51.6 Å². The van der Waals surface area contributed by atoms with Gasteiger partial charge in [-0.15, -0.1) is 0 Å². The number of aromatic nitrogens is 1. The number of rotatable bonds is 4. The van der Waals surface area contributed by atoms with Crippen molar-refractivity contribution >= 4 is 0 Å². The van der Waals surface area contributed by atoms with Gasteiger partial charge in [0, 0.05) is 23.4 Å². The number of hydrogen-bond acceptors (Lipinski definition) is 4. The third kappa shape index (κ3) is 4.51. The molecule has 1 heterocycles. The van der Waals surface area contributed by atoms with Crippen molar-refractivity contribution in [1.29, 1.82) is 0 Å². The highest BCUT2D eigenvalue weighted by Gasteiger charge is 2.02. The Labute approximate surface area is 124 Å². The number of nitrogens with zero attached hydrogens (tertiary/aromatic N) is 1. The molecule has 0 aliphatic carbocycles. The number of methoxy groups -OCH3 is 1. The molecule has 4 heteroatoms. The number of hydrogen-bond donors (Lipinski definition) is 1. The molecule has 1 N–H and O–H groups in total. The quantitative estimate of drug-likeness (QED) is 0.875. The number of aliphatic hydroxyl groups excluding tert-OH is 1. The highest BCUT2D eigenvalue weighted by molar-refractivity contribution is 5.40. The zero-order valence-corrected chi connectivity index (χ0v) is 12.1. The van der Waals surface area contributed by atoms with E-state index in [1.165, 1.54) is 0 Å². The van der Waals surface area contributed by atoms with Crippen molar-refractivity contribution in [2.24, 2.45) is 0 Å². The molecule has 0 unspecified atom stereocenters. The molecular weight excluding hydrogens is 266 g/mol. The van der Waals surface area contributed by atoms with E-state index in [0.717, 1.165) is 22.7 Å². The molecule has 0 radical (unpaired) electrons. The lowest BCUT2D eigenvalue weighted by Gasteiger charge is -2.08. The van der Waals surface area contributed by atoms with E-state index in [1.807, 2.05) is 43.3 Å². The maximum absolute atomic E-state index is 8.70. The Balaban J connectivity index is 2.07. The van der Waals surface area contributed by atoms with Crippen LogP contribution in [0.25, 0.3) is 0 Å². The minimum atomic E-state index is -0.155. The molecule has 0 saturated heterocycles. The molecule has 108 valence electrons. The van der Waals surface area contributed by atoms with Gasteiger partial charge >= 0.3 is 0 Å². The van der Waals surface area contributed by atoms with E-state index in [2.05, 4.69) is 16.8 Å². The predicted molar refractivity (Wildman–Crippen MR) is 80.3 cm³/mol. The molecule has 2 rings (SSSR count). The monoisotopic (exact) mass is 283 g/mol. The predicted octanol–water partition coefficient (Wildman–Crippen LogP) is 2.32. The molecule has 0 fully saturated rings. The minimum Gasteiger partial charge on any atom is -0.497 e. The summed E-state index contributed by atoms with van der Waals surface area (Å²) in [6.07, 6.45) is 0. The Hall–Kier alpha value is -2.51. The van der Waals surface area contributed by atoms with Crippen molar-refractivity contribution < 1.29 is 14.6 Å². The summed E-state index contributed by atoms with van der Waals surface area (Å²) in [6.45, 7) is 2.12. The van der Waals surface area contributed by atoms with Crippen LogP contribution < -0.4 is 9.47 Å². The van der Waals surface area contributed by atoms with Gasteiger partial charge in [-0.1, -0.05) is 17.9 Å². The van der Waals surface area contributed by atoms with Gasteiger partial charge in [-0.25, -0.2) is 0 Å². The van der Waals surface area contributed by atoms with Crippen LogP contribution in [0.3, 0.4) is 0 Å². The fourth-order valence-corrected chi connectivity index (χ4v) is 1.86.